The third-order valence-electron chi connectivity index (χ3n) is 5.70. The van der Waals surface area contributed by atoms with Gasteiger partial charge in [-0.15, -0.1) is 0 Å². The molecular weight excluding hydrogens is 410 g/mol. The molecule has 5 rings (SSSR count). The first-order valence-electron chi connectivity index (χ1n) is 10.9. The number of carbonyl (C=O) groups is 2. The molecule has 1 aliphatic heterocycles. The summed E-state index contributed by atoms with van der Waals surface area (Å²) in [4.78, 5) is 37.1. The van der Waals surface area contributed by atoms with Gasteiger partial charge < -0.3 is 18.9 Å². The number of carbonyl (C=O) groups excluding carboxylic acids is 2. The van der Waals surface area contributed by atoms with Crippen LogP contribution < -0.4 is 9.64 Å². The molecule has 2 fully saturated rings. The number of aromatic nitrogens is 3. The smallest absolute Gasteiger partial charge is 0.410 e. The number of amides is 2. The summed E-state index contributed by atoms with van der Waals surface area (Å²) in [5.41, 5.74) is 2.46. The highest BCUT2D eigenvalue weighted by Crippen LogP contribution is 2.41. The summed E-state index contributed by atoms with van der Waals surface area (Å²) >= 11 is 0. The van der Waals surface area contributed by atoms with Gasteiger partial charge in [-0.25, -0.2) is 4.79 Å². The quantitative estimate of drug-likeness (QED) is 0.591. The molecule has 2 amide bonds. The van der Waals surface area contributed by atoms with Crippen molar-refractivity contribution < 1.29 is 19.1 Å². The summed E-state index contributed by atoms with van der Waals surface area (Å²) < 4.78 is 13.0. The average Bonchev–Trinajstić information content (AvgIpc) is 3.59. The van der Waals surface area contributed by atoms with Crippen molar-refractivity contribution in [1.29, 1.82) is 0 Å². The van der Waals surface area contributed by atoms with Gasteiger partial charge in [-0.1, -0.05) is 6.07 Å². The molecule has 0 unspecified atom stereocenters. The molecule has 0 bridgehead atoms. The number of ether oxygens (including phenoxy) is 2. The van der Waals surface area contributed by atoms with E-state index in [1.54, 1.807) is 18.0 Å². The van der Waals surface area contributed by atoms with Gasteiger partial charge >= 0.3 is 6.09 Å². The molecule has 2 aliphatic rings. The van der Waals surface area contributed by atoms with Gasteiger partial charge in [0, 0.05) is 43.0 Å². The van der Waals surface area contributed by atoms with Crippen molar-refractivity contribution in [2.45, 2.75) is 32.4 Å². The first-order valence-corrected chi connectivity index (χ1v) is 10.9. The number of fused-ring (bicyclic) bond motifs is 1. The van der Waals surface area contributed by atoms with Gasteiger partial charge in [0.05, 0.1) is 18.0 Å². The van der Waals surface area contributed by atoms with E-state index >= 15 is 0 Å². The normalized spacial score (nSPS) is 16.5. The van der Waals surface area contributed by atoms with Crippen LogP contribution in [0.5, 0.6) is 5.88 Å². The molecule has 166 valence electrons. The van der Waals surface area contributed by atoms with Crippen LogP contribution in [0.1, 0.15) is 31.5 Å². The zero-order chi connectivity index (χ0) is 22.1. The summed E-state index contributed by atoms with van der Waals surface area (Å²) in [5, 5.41) is 0.903. The molecule has 0 N–H and O–H groups in total. The highest BCUT2D eigenvalue weighted by molar-refractivity contribution is 6.04. The van der Waals surface area contributed by atoms with Crippen LogP contribution in [0.4, 0.5) is 10.5 Å². The summed E-state index contributed by atoms with van der Waals surface area (Å²) in [5.74, 6) is 0.391. The minimum absolute atomic E-state index is 0.00757. The van der Waals surface area contributed by atoms with Crippen LogP contribution in [-0.2, 0) is 16.1 Å². The zero-order valence-electron chi connectivity index (χ0n) is 17.9. The van der Waals surface area contributed by atoms with Crippen LogP contribution >= 0.6 is 0 Å². The molecule has 0 radical (unpaired) electrons. The molecular formula is C23H25N5O4. The first kappa shape index (κ1) is 20.3. The summed E-state index contributed by atoms with van der Waals surface area (Å²) in [6.45, 7) is 3.24. The van der Waals surface area contributed by atoms with E-state index in [-0.39, 0.29) is 12.5 Å². The lowest BCUT2D eigenvalue weighted by Crippen LogP contribution is -2.52. The van der Waals surface area contributed by atoms with Crippen molar-refractivity contribution in [3.63, 3.8) is 0 Å². The minimum Gasteiger partial charge on any atom is -0.471 e. The van der Waals surface area contributed by atoms with Gasteiger partial charge in [0.2, 0.25) is 11.8 Å². The number of hydrogen-bond donors (Lipinski definition) is 0. The fourth-order valence-electron chi connectivity index (χ4n) is 3.95. The maximum atomic E-state index is 12.9. The molecule has 3 aromatic heterocycles. The molecule has 0 atom stereocenters. The Kier molecular flexibility index (Phi) is 5.38. The third-order valence-corrected chi connectivity index (χ3v) is 5.70. The molecule has 1 saturated heterocycles. The van der Waals surface area contributed by atoms with E-state index in [1.807, 2.05) is 36.5 Å². The second kappa shape index (κ2) is 8.49. The second-order valence-electron chi connectivity index (χ2n) is 7.95. The van der Waals surface area contributed by atoms with Gasteiger partial charge in [-0.2, -0.15) is 4.98 Å². The van der Waals surface area contributed by atoms with E-state index in [4.69, 9.17) is 14.5 Å². The molecule has 1 saturated carbocycles. The van der Waals surface area contributed by atoms with E-state index in [9.17, 15) is 9.59 Å². The maximum absolute atomic E-state index is 12.9. The van der Waals surface area contributed by atoms with Crippen LogP contribution in [0.25, 0.3) is 11.0 Å². The van der Waals surface area contributed by atoms with Crippen molar-refractivity contribution in [1.82, 2.24) is 19.4 Å². The standard InChI is InChI=1S/C23H25N5O4/c1-2-31-23(30)26-11-12-27(21(29)14-26)19-13-28(17-6-7-17)22-18(19)8-9-20(25-22)32-15-16-5-3-4-10-24-16/h3-5,8-10,13,17H,2,6-7,11-12,14-15H2,1H3. The first-order chi connectivity index (χ1) is 15.6. The molecule has 9 nitrogen and oxygen atoms in total. The van der Waals surface area contributed by atoms with Gasteiger partial charge in [0.25, 0.3) is 0 Å². The number of pyridine rings is 2. The molecule has 3 aromatic rings. The monoisotopic (exact) mass is 435 g/mol. The van der Waals surface area contributed by atoms with Gasteiger partial charge in [0.1, 0.15) is 18.8 Å². The topological polar surface area (TPSA) is 89.8 Å². The Labute approximate surface area is 185 Å². The Morgan fingerprint density at radius 2 is 2.06 bits per heavy atom. The van der Waals surface area contributed by atoms with Gasteiger partial charge in [-0.3, -0.25) is 14.7 Å². The lowest BCUT2D eigenvalue weighted by Gasteiger charge is -2.33. The fraction of sp³-hybridized carbons (Fsp3) is 0.391. The van der Waals surface area contributed by atoms with E-state index in [2.05, 4.69) is 9.55 Å². The van der Waals surface area contributed by atoms with Gasteiger partial charge in [0.15, 0.2) is 0 Å². The Morgan fingerprint density at radius 1 is 1.19 bits per heavy atom. The molecule has 32 heavy (non-hydrogen) atoms. The third kappa shape index (κ3) is 3.98. The lowest BCUT2D eigenvalue weighted by molar-refractivity contribution is -0.120. The van der Waals surface area contributed by atoms with Crippen molar-refractivity contribution in [3.05, 3.63) is 48.4 Å². The maximum Gasteiger partial charge on any atom is 0.410 e. The Bertz CT molecular complexity index is 1140. The van der Waals surface area contributed by atoms with Crippen molar-refractivity contribution in [2.75, 3.05) is 31.1 Å². The van der Waals surface area contributed by atoms with Crippen LogP contribution in [0.3, 0.4) is 0 Å². The summed E-state index contributed by atoms with van der Waals surface area (Å²) in [7, 11) is 0. The summed E-state index contributed by atoms with van der Waals surface area (Å²) in [6.07, 6.45) is 5.48. The lowest BCUT2D eigenvalue weighted by atomic mass is 10.2. The highest BCUT2D eigenvalue weighted by Gasteiger charge is 2.33. The van der Waals surface area contributed by atoms with Crippen LogP contribution in [0.2, 0.25) is 0 Å². The molecule has 1 aliphatic carbocycles. The predicted octanol–water partition coefficient (Wildman–Crippen LogP) is 3.15. The van der Waals surface area contributed by atoms with E-state index in [0.29, 0.717) is 38.2 Å². The molecule has 9 heteroatoms. The van der Waals surface area contributed by atoms with E-state index in [0.717, 1.165) is 35.3 Å². The number of piperazine rings is 1. The van der Waals surface area contributed by atoms with E-state index in [1.165, 1.54) is 4.90 Å². The Balaban J connectivity index is 1.39. The number of rotatable bonds is 6. The number of nitrogens with zero attached hydrogens (tertiary/aromatic N) is 5. The number of hydrogen-bond acceptors (Lipinski definition) is 6. The van der Waals surface area contributed by atoms with Crippen LogP contribution in [0.15, 0.2) is 42.7 Å². The van der Waals surface area contributed by atoms with Gasteiger partial charge in [-0.05, 0) is 38.0 Å². The summed E-state index contributed by atoms with van der Waals surface area (Å²) in [6, 6.07) is 9.86. The van der Waals surface area contributed by atoms with E-state index < -0.39 is 6.09 Å². The highest BCUT2D eigenvalue weighted by atomic mass is 16.6. The molecule has 4 heterocycles. The predicted molar refractivity (Wildman–Crippen MR) is 118 cm³/mol. The van der Waals surface area contributed by atoms with Crippen molar-refractivity contribution in [3.8, 4) is 5.88 Å². The minimum atomic E-state index is -0.447. The average molecular weight is 435 g/mol. The Hall–Kier alpha value is -3.62. The fourth-order valence-corrected chi connectivity index (χ4v) is 3.95. The van der Waals surface area contributed by atoms with Crippen LogP contribution in [0, 0.1) is 0 Å². The SMILES string of the molecule is CCOC(=O)N1CCN(c2cn(C3CC3)c3nc(OCc4ccccn4)ccc23)C(=O)C1. The van der Waals surface area contributed by atoms with Crippen LogP contribution in [-0.4, -0.2) is 57.7 Å². The zero-order valence-corrected chi connectivity index (χ0v) is 17.9. The second-order valence-corrected chi connectivity index (χ2v) is 7.95. The Morgan fingerprint density at radius 3 is 2.78 bits per heavy atom. The molecule has 0 spiro atoms. The molecule has 0 aromatic carbocycles. The van der Waals surface area contributed by atoms with Crippen molar-refractivity contribution in [2.24, 2.45) is 0 Å². The number of anilines is 1. The largest absolute Gasteiger partial charge is 0.471 e. The van der Waals surface area contributed by atoms with Crippen molar-refractivity contribution >= 4 is 28.7 Å².